The van der Waals surface area contributed by atoms with Crippen molar-refractivity contribution < 1.29 is 4.79 Å². The van der Waals surface area contributed by atoms with E-state index in [2.05, 4.69) is 40.7 Å². The van der Waals surface area contributed by atoms with Crippen LogP contribution in [0.25, 0.3) is 0 Å². The van der Waals surface area contributed by atoms with Crippen molar-refractivity contribution in [1.82, 2.24) is 10.3 Å². The van der Waals surface area contributed by atoms with Crippen molar-refractivity contribution in [3.8, 4) is 0 Å². The van der Waals surface area contributed by atoms with E-state index in [0.717, 1.165) is 6.42 Å². The van der Waals surface area contributed by atoms with E-state index in [9.17, 15) is 4.79 Å². The predicted molar refractivity (Wildman–Crippen MR) is 81.0 cm³/mol. The predicted octanol–water partition coefficient (Wildman–Crippen LogP) is 2.40. The first kappa shape index (κ1) is 14.1. The van der Waals surface area contributed by atoms with Gasteiger partial charge in [-0.05, 0) is 31.0 Å². The first-order chi connectivity index (χ1) is 9.70. The molecule has 2 aromatic rings. The molecule has 1 heterocycles. The largest absolute Gasteiger partial charge is 0.372 e. The Morgan fingerprint density at radius 2 is 2.10 bits per heavy atom. The minimum Gasteiger partial charge on any atom is -0.372 e. The Hall–Kier alpha value is -2.36. The van der Waals surface area contributed by atoms with E-state index in [-0.39, 0.29) is 5.91 Å². The smallest absolute Gasteiger partial charge is 0.255 e. The maximum atomic E-state index is 12.1. The molecule has 0 radical (unpaired) electrons. The molecule has 0 atom stereocenters. The Balaban J connectivity index is 1.92. The number of nitrogens with zero attached hydrogens (tertiary/aromatic N) is 1. The molecule has 0 saturated carbocycles. The number of carbonyl (C=O) groups is 1. The molecule has 0 aliphatic heterocycles. The van der Waals surface area contributed by atoms with Crippen LogP contribution >= 0.6 is 0 Å². The molecular formula is C16H19N3O. The SMILES string of the molecule is CNc1ncccc1C(=O)NCCc1cccc(C)c1. The van der Waals surface area contributed by atoms with Crippen molar-refractivity contribution in [1.29, 1.82) is 0 Å². The van der Waals surface area contributed by atoms with E-state index in [1.165, 1.54) is 11.1 Å². The maximum Gasteiger partial charge on any atom is 0.255 e. The highest BCUT2D eigenvalue weighted by atomic mass is 16.1. The van der Waals surface area contributed by atoms with E-state index < -0.39 is 0 Å². The van der Waals surface area contributed by atoms with Crippen molar-refractivity contribution in [2.75, 3.05) is 18.9 Å². The molecule has 104 valence electrons. The molecule has 2 N–H and O–H groups in total. The van der Waals surface area contributed by atoms with Gasteiger partial charge in [0, 0.05) is 19.8 Å². The molecule has 0 unspecified atom stereocenters. The Morgan fingerprint density at radius 1 is 1.25 bits per heavy atom. The van der Waals surface area contributed by atoms with E-state index in [1.807, 2.05) is 6.07 Å². The number of pyridine rings is 1. The lowest BCUT2D eigenvalue weighted by molar-refractivity contribution is 0.0954. The summed E-state index contributed by atoms with van der Waals surface area (Å²) in [6.45, 7) is 2.68. The highest BCUT2D eigenvalue weighted by Gasteiger charge is 2.10. The van der Waals surface area contributed by atoms with Crippen LogP contribution in [0.1, 0.15) is 21.5 Å². The van der Waals surface area contributed by atoms with Gasteiger partial charge in [-0.2, -0.15) is 0 Å². The van der Waals surface area contributed by atoms with Crippen LogP contribution in [0.3, 0.4) is 0 Å². The first-order valence-corrected chi connectivity index (χ1v) is 6.67. The van der Waals surface area contributed by atoms with Crippen LogP contribution in [0.15, 0.2) is 42.6 Å². The number of carbonyl (C=O) groups excluding carboxylic acids is 1. The second-order valence-corrected chi connectivity index (χ2v) is 4.64. The van der Waals surface area contributed by atoms with Gasteiger partial charge in [-0.3, -0.25) is 4.79 Å². The highest BCUT2D eigenvalue weighted by Crippen LogP contribution is 2.10. The number of benzene rings is 1. The van der Waals surface area contributed by atoms with Crippen LogP contribution in [0.5, 0.6) is 0 Å². The molecular weight excluding hydrogens is 250 g/mol. The normalized spacial score (nSPS) is 10.1. The lowest BCUT2D eigenvalue weighted by Gasteiger charge is -2.09. The number of hydrogen-bond donors (Lipinski definition) is 2. The van der Waals surface area contributed by atoms with Crippen LogP contribution in [-0.4, -0.2) is 24.5 Å². The minimum atomic E-state index is -0.102. The maximum absolute atomic E-state index is 12.1. The summed E-state index contributed by atoms with van der Waals surface area (Å²) < 4.78 is 0. The summed E-state index contributed by atoms with van der Waals surface area (Å²) in [5, 5.41) is 5.84. The van der Waals surface area contributed by atoms with Crippen LogP contribution in [0.2, 0.25) is 0 Å². The molecule has 2 rings (SSSR count). The minimum absolute atomic E-state index is 0.102. The summed E-state index contributed by atoms with van der Waals surface area (Å²) in [6.07, 6.45) is 2.48. The fourth-order valence-corrected chi connectivity index (χ4v) is 2.07. The van der Waals surface area contributed by atoms with Gasteiger partial charge in [0.05, 0.1) is 5.56 Å². The number of hydrogen-bond acceptors (Lipinski definition) is 3. The third-order valence-corrected chi connectivity index (χ3v) is 3.07. The Morgan fingerprint density at radius 3 is 2.85 bits per heavy atom. The third kappa shape index (κ3) is 3.57. The molecule has 4 nitrogen and oxygen atoms in total. The third-order valence-electron chi connectivity index (χ3n) is 3.07. The van der Waals surface area contributed by atoms with Crippen molar-refractivity contribution in [3.05, 3.63) is 59.3 Å². The van der Waals surface area contributed by atoms with Crippen molar-refractivity contribution in [2.45, 2.75) is 13.3 Å². The van der Waals surface area contributed by atoms with Gasteiger partial charge in [-0.1, -0.05) is 29.8 Å². The lowest BCUT2D eigenvalue weighted by atomic mass is 10.1. The topological polar surface area (TPSA) is 54.0 Å². The fraction of sp³-hybridized carbons (Fsp3) is 0.250. The molecule has 0 aliphatic carbocycles. The molecule has 1 amide bonds. The average Bonchev–Trinajstić information content (AvgIpc) is 2.47. The van der Waals surface area contributed by atoms with E-state index >= 15 is 0 Å². The quantitative estimate of drug-likeness (QED) is 0.876. The molecule has 0 aliphatic rings. The summed E-state index contributed by atoms with van der Waals surface area (Å²) in [7, 11) is 1.76. The zero-order valence-corrected chi connectivity index (χ0v) is 11.8. The number of amides is 1. The second-order valence-electron chi connectivity index (χ2n) is 4.64. The first-order valence-electron chi connectivity index (χ1n) is 6.67. The van der Waals surface area contributed by atoms with Crippen molar-refractivity contribution in [3.63, 3.8) is 0 Å². The molecule has 20 heavy (non-hydrogen) atoms. The summed E-state index contributed by atoms with van der Waals surface area (Å²) in [5.41, 5.74) is 3.03. The van der Waals surface area contributed by atoms with Gasteiger partial charge in [0.25, 0.3) is 5.91 Å². The van der Waals surface area contributed by atoms with Gasteiger partial charge < -0.3 is 10.6 Å². The van der Waals surface area contributed by atoms with Gasteiger partial charge in [-0.25, -0.2) is 4.98 Å². The number of anilines is 1. The van der Waals surface area contributed by atoms with Crippen LogP contribution in [0, 0.1) is 6.92 Å². The number of aromatic nitrogens is 1. The van der Waals surface area contributed by atoms with Crippen LogP contribution in [0.4, 0.5) is 5.82 Å². The fourth-order valence-electron chi connectivity index (χ4n) is 2.07. The number of aryl methyl sites for hydroxylation is 1. The van der Waals surface area contributed by atoms with E-state index in [0.29, 0.717) is 17.9 Å². The summed E-state index contributed by atoms with van der Waals surface area (Å²) in [6, 6.07) is 11.8. The molecule has 0 bridgehead atoms. The van der Waals surface area contributed by atoms with Gasteiger partial charge >= 0.3 is 0 Å². The summed E-state index contributed by atoms with van der Waals surface area (Å²) in [4.78, 5) is 16.2. The van der Waals surface area contributed by atoms with Crippen LogP contribution in [-0.2, 0) is 6.42 Å². The summed E-state index contributed by atoms with van der Waals surface area (Å²) in [5.74, 6) is 0.496. The zero-order valence-electron chi connectivity index (χ0n) is 11.8. The molecule has 4 heteroatoms. The number of rotatable bonds is 5. The zero-order chi connectivity index (χ0) is 14.4. The van der Waals surface area contributed by atoms with Crippen molar-refractivity contribution in [2.24, 2.45) is 0 Å². The molecule has 0 saturated heterocycles. The Kier molecular flexibility index (Phi) is 4.71. The Bertz CT molecular complexity index is 596. The van der Waals surface area contributed by atoms with Gasteiger partial charge in [0.15, 0.2) is 0 Å². The highest BCUT2D eigenvalue weighted by molar-refractivity contribution is 5.98. The summed E-state index contributed by atoms with van der Waals surface area (Å²) >= 11 is 0. The standard InChI is InChI=1S/C16H19N3O/c1-12-5-3-6-13(11-12)8-10-19-16(20)14-7-4-9-18-15(14)17-2/h3-7,9,11H,8,10H2,1-2H3,(H,17,18)(H,19,20). The van der Waals surface area contributed by atoms with Gasteiger partial charge in [-0.15, -0.1) is 0 Å². The Labute approximate surface area is 119 Å². The average molecular weight is 269 g/mol. The number of nitrogens with one attached hydrogen (secondary N) is 2. The monoisotopic (exact) mass is 269 g/mol. The molecule has 1 aromatic heterocycles. The van der Waals surface area contributed by atoms with Gasteiger partial charge in [0.1, 0.15) is 5.82 Å². The van der Waals surface area contributed by atoms with E-state index in [1.54, 1.807) is 25.4 Å². The van der Waals surface area contributed by atoms with Gasteiger partial charge in [0.2, 0.25) is 0 Å². The molecule has 0 spiro atoms. The molecule has 1 aromatic carbocycles. The molecule has 0 fully saturated rings. The van der Waals surface area contributed by atoms with Crippen molar-refractivity contribution >= 4 is 11.7 Å². The van der Waals surface area contributed by atoms with Crippen LogP contribution < -0.4 is 10.6 Å². The lowest BCUT2D eigenvalue weighted by Crippen LogP contribution is -2.26. The van der Waals surface area contributed by atoms with E-state index in [4.69, 9.17) is 0 Å². The second kappa shape index (κ2) is 6.70.